The summed E-state index contributed by atoms with van der Waals surface area (Å²) in [5, 5.41) is 3.28. The summed E-state index contributed by atoms with van der Waals surface area (Å²) < 4.78 is 33.9. The highest BCUT2D eigenvalue weighted by Crippen LogP contribution is 2.27. The number of furan rings is 1. The van der Waals surface area contributed by atoms with Crippen LogP contribution in [0.15, 0.2) is 33.2 Å². The van der Waals surface area contributed by atoms with Crippen molar-refractivity contribution in [2.45, 2.75) is 32.7 Å². The number of rotatable bonds is 6. The summed E-state index contributed by atoms with van der Waals surface area (Å²) in [5.74, 6) is 0.382. The molecule has 0 saturated heterocycles. The van der Waals surface area contributed by atoms with Crippen molar-refractivity contribution in [2.75, 3.05) is 6.54 Å². The van der Waals surface area contributed by atoms with Crippen molar-refractivity contribution >= 4 is 15.9 Å². The molecule has 0 bridgehead atoms. The summed E-state index contributed by atoms with van der Waals surface area (Å²) in [6, 6.07) is 6.09. The van der Waals surface area contributed by atoms with Crippen molar-refractivity contribution in [1.82, 2.24) is 5.32 Å². The summed E-state index contributed by atoms with van der Waals surface area (Å²) in [5.41, 5.74) is 0.0621. The van der Waals surface area contributed by atoms with Crippen LogP contribution in [-0.4, -0.2) is 6.54 Å². The van der Waals surface area contributed by atoms with Gasteiger partial charge in [0.1, 0.15) is 23.2 Å². The topological polar surface area (TPSA) is 25.2 Å². The zero-order valence-electron chi connectivity index (χ0n) is 12.1. The minimum absolute atomic E-state index is 0.0621. The van der Waals surface area contributed by atoms with Gasteiger partial charge in [0.2, 0.25) is 0 Å². The first-order valence-corrected chi connectivity index (χ1v) is 7.74. The van der Waals surface area contributed by atoms with Crippen LogP contribution in [0.5, 0.6) is 0 Å². The highest BCUT2D eigenvalue weighted by Gasteiger charge is 2.21. The molecule has 0 saturated carbocycles. The van der Waals surface area contributed by atoms with E-state index in [4.69, 9.17) is 4.42 Å². The molecule has 2 rings (SSSR count). The standard InChI is InChI=1S/C16H18BrF2NO/c1-3-8-20-14(15-7-4-10(2)21-15)9-11-13(18)6-5-12(17)16(11)19/h4-7,14,20H,3,8-9H2,1-2H3. The molecule has 1 atom stereocenters. The number of benzene rings is 1. The van der Waals surface area contributed by atoms with Gasteiger partial charge in [-0.1, -0.05) is 6.92 Å². The minimum atomic E-state index is -0.554. The van der Waals surface area contributed by atoms with Gasteiger partial charge in [-0.15, -0.1) is 0 Å². The Labute approximate surface area is 131 Å². The summed E-state index contributed by atoms with van der Waals surface area (Å²) in [6.07, 6.45) is 1.13. The van der Waals surface area contributed by atoms with Gasteiger partial charge in [-0.2, -0.15) is 0 Å². The molecule has 1 aromatic heterocycles. The molecule has 0 aliphatic rings. The van der Waals surface area contributed by atoms with E-state index in [0.29, 0.717) is 5.76 Å². The molecule has 21 heavy (non-hydrogen) atoms. The average Bonchev–Trinajstić information content (AvgIpc) is 2.89. The van der Waals surface area contributed by atoms with Crippen molar-refractivity contribution in [2.24, 2.45) is 0 Å². The monoisotopic (exact) mass is 357 g/mol. The smallest absolute Gasteiger partial charge is 0.143 e. The van der Waals surface area contributed by atoms with E-state index in [9.17, 15) is 8.78 Å². The van der Waals surface area contributed by atoms with Gasteiger partial charge in [0.05, 0.1) is 10.5 Å². The molecule has 1 unspecified atom stereocenters. The molecule has 0 aliphatic carbocycles. The molecule has 0 amide bonds. The van der Waals surface area contributed by atoms with Crippen LogP contribution in [0, 0.1) is 18.6 Å². The fourth-order valence-electron chi connectivity index (χ4n) is 2.19. The minimum Gasteiger partial charge on any atom is -0.465 e. The van der Waals surface area contributed by atoms with E-state index < -0.39 is 11.6 Å². The lowest BCUT2D eigenvalue weighted by Gasteiger charge is -2.17. The third kappa shape index (κ3) is 3.92. The largest absolute Gasteiger partial charge is 0.465 e. The van der Waals surface area contributed by atoms with E-state index in [0.717, 1.165) is 18.7 Å². The molecule has 0 fully saturated rings. The average molecular weight is 358 g/mol. The Balaban J connectivity index is 2.29. The Morgan fingerprint density at radius 2 is 2.00 bits per heavy atom. The second-order valence-corrected chi connectivity index (χ2v) is 5.84. The Bertz CT molecular complexity index is 612. The zero-order chi connectivity index (χ0) is 15.4. The Morgan fingerprint density at radius 1 is 1.24 bits per heavy atom. The number of nitrogens with one attached hydrogen (secondary N) is 1. The SMILES string of the molecule is CCCNC(Cc1c(F)ccc(Br)c1F)c1ccc(C)o1. The molecule has 114 valence electrons. The van der Waals surface area contributed by atoms with Crippen molar-refractivity contribution in [3.05, 3.63) is 57.5 Å². The molecule has 1 aromatic carbocycles. The van der Waals surface area contributed by atoms with Gasteiger partial charge in [-0.3, -0.25) is 0 Å². The fourth-order valence-corrected chi connectivity index (χ4v) is 2.56. The summed E-state index contributed by atoms with van der Waals surface area (Å²) in [4.78, 5) is 0. The van der Waals surface area contributed by atoms with Crippen molar-refractivity contribution in [3.63, 3.8) is 0 Å². The summed E-state index contributed by atoms with van der Waals surface area (Å²) >= 11 is 3.10. The molecule has 0 spiro atoms. The summed E-state index contributed by atoms with van der Waals surface area (Å²) in [7, 11) is 0. The number of halogens is 3. The van der Waals surface area contributed by atoms with Gasteiger partial charge in [-0.25, -0.2) is 8.78 Å². The third-order valence-electron chi connectivity index (χ3n) is 3.29. The second kappa shape index (κ2) is 7.18. The van der Waals surface area contributed by atoms with E-state index in [-0.39, 0.29) is 22.5 Å². The van der Waals surface area contributed by atoms with E-state index in [1.165, 1.54) is 12.1 Å². The molecular formula is C16H18BrF2NO. The van der Waals surface area contributed by atoms with Gasteiger partial charge in [-0.05, 0) is 60.1 Å². The molecule has 1 N–H and O–H groups in total. The second-order valence-electron chi connectivity index (χ2n) is 4.98. The third-order valence-corrected chi connectivity index (χ3v) is 3.90. The molecule has 1 heterocycles. The van der Waals surface area contributed by atoms with Crippen LogP contribution in [0.3, 0.4) is 0 Å². The first-order valence-electron chi connectivity index (χ1n) is 6.95. The van der Waals surface area contributed by atoms with Crippen LogP contribution >= 0.6 is 15.9 Å². The van der Waals surface area contributed by atoms with Gasteiger partial charge in [0.25, 0.3) is 0 Å². The van der Waals surface area contributed by atoms with Crippen LogP contribution < -0.4 is 5.32 Å². The van der Waals surface area contributed by atoms with E-state index in [2.05, 4.69) is 21.2 Å². The molecule has 0 radical (unpaired) electrons. The molecule has 2 aromatic rings. The maximum absolute atomic E-state index is 14.1. The summed E-state index contributed by atoms with van der Waals surface area (Å²) in [6.45, 7) is 4.64. The van der Waals surface area contributed by atoms with Crippen LogP contribution in [0.25, 0.3) is 0 Å². The lowest BCUT2D eigenvalue weighted by molar-refractivity contribution is 0.391. The molecule has 2 nitrogen and oxygen atoms in total. The van der Waals surface area contributed by atoms with Crippen LogP contribution in [0.2, 0.25) is 0 Å². The normalized spacial score (nSPS) is 12.6. The fraction of sp³-hybridized carbons (Fsp3) is 0.375. The first-order chi connectivity index (χ1) is 10.0. The maximum Gasteiger partial charge on any atom is 0.143 e. The lowest BCUT2D eigenvalue weighted by atomic mass is 10.0. The van der Waals surface area contributed by atoms with Gasteiger partial charge in [0, 0.05) is 12.0 Å². The number of hydrogen-bond acceptors (Lipinski definition) is 2. The van der Waals surface area contributed by atoms with E-state index in [1.807, 2.05) is 26.0 Å². The van der Waals surface area contributed by atoms with Crippen molar-refractivity contribution < 1.29 is 13.2 Å². The predicted molar refractivity (Wildman–Crippen MR) is 82.2 cm³/mol. The quantitative estimate of drug-likeness (QED) is 0.742. The molecule has 0 aliphatic heterocycles. The van der Waals surface area contributed by atoms with Crippen molar-refractivity contribution in [1.29, 1.82) is 0 Å². The van der Waals surface area contributed by atoms with Crippen LogP contribution in [0.1, 0.15) is 36.5 Å². The highest BCUT2D eigenvalue weighted by molar-refractivity contribution is 9.10. The number of hydrogen-bond donors (Lipinski definition) is 1. The first kappa shape index (κ1) is 16.2. The van der Waals surface area contributed by atoms with Gasteiger partial charge >= 0.3 is 0 Å². The Morgan fingerprint density at radius 3 is 2.62 bits per heavy atom. The predicted octanol–water partition coefficient (Wildman–Crippen LogP) is 4.91. The van der Waals surface area contributed by atoms with E-state index in [1.54, 1.807) is 0 Å². The number of aryl methyl sites for hydroxylation is 1. The Kier molecular flexibility index (Phi) is 5.53. The molecular weight excluding hydrogens is 340 g/mol. The van der Waals surface area contributed by atoms with Gasteiger partial charge in [0.15, 0.2) is 0 Å². The molecule has 5 heteroatoms. The zero-order valence-corrected chi connectivity index (χ0v) is 13.6. The lowest BCUT2D eigenvalue weighted by Crippen LogP contribution is -2.24. The van der Waals surface area contributed by atoms with Crippen LogP contribution in [0.4, 0.5) is 8.78 Å². The maximum atomic E-state index is 14.1. The van der Waals surface area contributed by atoms with E-state index >= 15 is 0 Å². The van der Waals surface area contributed by atoms with Crippen LogP contribution in [-0.2, 0) is 6.42 Å². The highest BCUT2D eigenvalue weighted by atomic mass is 79.9. The van der Waals surface area contributed by atoms with Crippen molar-refractivity contribution in [3.8, 4) is 0 Å². The Hall–Kier alpha value is -1.20. The van der Waals surface area contributed by atoms with Gasteiger partial charge < -0.3 is 9.73 Å².